The number of aromatic nitrogens is 6. The predicted octanol–water partition coefficient (Wildman–Crippen LogP) is 1.24. The summed E-state index contributed by atoms with van der Waals surface area (Å²) in [6.07, 6.45) is 4.67. The standard InChI is InChI=1S/C29H38N8O5/c1-15-36(10-21-25(41-15)24(40)28(42-21)37-14-33-23-26(30)31-13-32-27(23)37)18-7-16(8-18)3-6-22-34-19-5-4-17(9-20(19)35-22)29(2,11-38)12-39/h4-5,9,13-16,18,21,24-25,28,38-40H,3,6-8,10-12H2,1-2H3,(H,34,35)(H2,30,31,32)/t15?,16?,18?,21-,24-,25-,28-/m1/s1. The first-order chi connectivity index (χ1) is 20.3. The maximum Gasteiger partial charge on any atom is 0.167 e. The van der Waals surface area contributed by atoms with E-state index in [-0.39, 0.29) is 31.4 Å². The lowest BCUT2D eigenvalue weighted by molar-refractivity contribution is -0.199. The van der Waals surface area contributed by atoms with Gasteiger partial charge in [-0.2, -0.15) is 0 Å². The minimum Gasteiger partial charge on any atom is -0.395 e. The molecule has 2 saturated heterocycles. The van der Waals surface area contributed by atoms with Crippen LogP contribution in [0.15, 0.2) is 30.9 Å². The zero-order chi connectivity index (χ0) is 29.2. The summed E-state index contributed by atoms with van der Waals surface area (Å²) < 4.78 is 14.4. The fourth-order valence-electron chi connectivity index (χ4n) is 6.77. The summed E-state index contributed by atoms with van der Waals surface area (Å²) in [5.74, 6) is 1.84. The lowest BCUT2D eigenvalue weighted by Crippen LogP contribution is -2.59. The molecule has 5 heterocycles. The number of H-pyrrole nitrogens is 1. The molecule has 1 saturated carbocycles. The highest BCUT2D eigenvalue weighted by molar-refractivity contribution is 5.81. The number of aliphatic hydroxyl groups excluding tert-OH is 3. The number of fused-ring (bicyclic) bond motifs is 3. The normalized spacial score (nSPS) is 30.2. The number of aryl methyl sites for hydroxylation is 1. The molecule has 0 spiro atoms. The molecular formula is C29H38N8O5. The van der Waals surface area contributed by atoms with Gasteiger partial charge in [0.2, 0.25) is 0 Å². The van der Waals surface area contributed by atoms with Crippen molar-refractivity contribution < 1.29 is 24.8 Å². The fraction of sp³-hybridized carbons (Fsp3) is 0.586. The second kappa shape index (κ2) is 10.5. The van der Waals surface area contributed by atoms with Crippen molar-refractivity contribution in [2.45, 2.75) is 81.8 Å². The van der Waals surface area contributed by atoms with Crippen molar-refractivity contribution in [3.05, 3.63) is 42.2 Å². The van der Waals surface area contributed by atoms with Crippen molar-refractivity contribution in [3.63, 3.8) is 0 Å². The van der Waals surface area contributed by atoms with Gasteiger partial charge in [-0.25, -0.2) is 19.9 Å². The monoisotopic (exact) mass is 578 g/mol. The molecule has 7 rings (SSSR count). The Balaban J connectivity index is 0.953. The minimum absolute atomic E-state index is 0.124. The summed E-state index contributed by atoms with van der Waals surface area (Å²) in [4.78, 5) is 23.2. The Bertz CT molecular complexity index is 1580. The number of nitrogens with two attached hydrogens (primary N) is 1. The van der Waals surface area contributed by atoms with E-state index in [0.717, 1.165) is 48.1 Å². The molecule has 1 aromatic carbocycles. The topological polar surface area (TPSA) is 181 Å². The number of benzene rings is 1. The van der Waals surface area contributed by atoms with E-state index in [4.69, 9.17) is 20.2 Å². The maximum absolute atomic E-state index is 11.1. The number of nitrogens with one attached hydrogen (secondary N) is 1. The van der Waals surface area contributed by atoms with Crippen LogP contribution in [0.3, 0.4) is 0 Å². The van der Waals surface area contributed by atoms with Crippen LogP contribution in [0.2, 0.25) is 0 Å². The Morgan fingerprint density at radius 2 is 1.95 bits per heavy atom. The van der Waals surface area contributed by atoms with Gasteiger partial charge in [-0.3, -0.25) is 9.47 Å². The number of rotatable bonds is 8. The van der Waals surface area contributed by atoms with Gasteiger partial charge in [0.05, 0.1) is 30.6 Å². The third-order valence-electron chi connectivity index (χ3n) is 9.58. The molecule has 0 amide bonds. The van der Waals surface area contributed by atoms with E-state index in [1.54, 1.807) is 10.9 Å². The number of nitrogen functional groups attached to an aromatic ring is 1. The zero-order valence-corrected chi connectivity index (χ0v) is 23.8. The second-order valence-electron chi connectivity index (χ2n) is 12.4. The predicted molar refractivity (Wildman–Crippen MR) is 153 cm³/mol. The highest BCUT2D eigenvalue weighted by Crippen LogP contribution is 2.42. The first-order valence-electron chi connectivity index (χ1n) is 14.7. The maximum atomic E-state index is 11.1. The van der Waals surface area contributed by atoms with Gasteiger partial charge in [-0.05, 0) is 49.8 Å². The molecule has 224 valence electrons. The van der Waals surface area contributed by atoms with Crippen LogP contribution >= 0.6 is 0 Å². The quantitative estimate of drug-likeness (QED) is 0.203. The first-order valence-corrected chi connectivity index (χ1v) is 14.7. The Morgan fingerprint density at radius 1 is 1.14 bits per heavy atom. The number of anilines is 1. The molecule has 2 aliphatic heterocycles. The summed E-state index contributed by atoms with van der Waals surface area (Å²) in [7, 11) is 0. The van der Waals surface area contributed by atoms with Crippen LogP contribution in [-0.2, 0) is 21.3 Å². The van der Waals surface area contributed by atoms with Gasteiger partial charge in [-0.15, -0.1) is 0 Å². The molecule has 3 aromatic heterocycles. The van der Waals surface area contributed by atoms with Crippen LogP contribution in [0.25, 0.3) is 22.2 Å². The molecule has 0 bridgehead atoms. The number of nitrogens with zero attached hydrogens (tertiary/aromatic N) is 6. The molecule has 42 heavy (non-hydrogen) atoms. The average molecular weight is 579 g/mol. The number of aliphatic hydroxyl groups is 3. The molecule has 5 atom stereocenters. The third kappa shape index (κ3) is 4.55. The van der Waals surface area contributed by atoms with E-state index in [2.05, 4.69) is 24.8 Å². The number of ether oxygens (including phenoxy) is 2. The molecule has 13 heteroatoms. The van der Waals surface area contributed by atoms with Crippen molar-refractivity contribution in [3.8, 4) is 0 Å². The van der Waals surface area contributed by atoms with E-state index < -0.39 is 23.9 Å². The fourth-order valence-corrected chi connectivity index (χ4v) is 6.77. The van der Waals surface area contributed by atoms with Gasteiger partial charge < -0.3 is 35.5 Å². The smallest absolute Gasteiger partial charge is 0.167 e. The number of hydrogen-bond acceptors (Lipinski definition) is 11. The Morgan fingerprint density at radius 3 is 2.74 bits per heavy atom. The van der Waals surface area contributed by atoms with Crippen molar-refractivity contribution in [2.75, 3.05) is 25.5 Å². The third-order valence-corrected chi connectivity index (χ3v) is 9.58. The van der Waals surface area contributed by atoms with Crippen molar-refractivity contribution in [2.24, 2.45) is 5.92 Å². The molecule has 13 nitrogen and oxygen atoms in total. The van der Waals surface area contributed by atoms with Crippen LogP contribution in [0.1, 0.15) is 50.7 Å². The lowest BCUT2D eigenvalue weighted by Gasteiger charge is -2.49. The second-order valence-corrected chi connectivity index (χ2v) is 12.4. The molecule has 1 aliphatic carbocycles. The van der Waals surface area contributed by atoms with E-state index in [0.29, 0.717) is 29.7 Å². The number of hydrogen-bond donors (Lipinski definition) is 5. The molecule has 6 N–H and O–H groups in total. The molecule has 4 aromatic rings. The van der Waals surface area contributed by atoms with Gasteiger partial charge in [0.15, 0.2) is 17.7 Å². The lowest BCUT2D eigenvalue weighted by atomic mass is 9.76. The Labute approximate surface area is 242 Å². The Hall–Kier alpha value is -3.20. The van der Waals surface area contributed by atoms with Crippen LogP contribution in [0.4, 0.5) is 5.82 Å². The molecular weight excluding hydrogens is 540 g/mol. The van der Waals surface area contributed by atoms with Crippen molar-refractivity contribution in [1.82, 2.24) is 34.4 Å². The van der Waals surface area contributed by atoms with Crippen molar-refractivity contribution in [1.29, 1.82) is 0 Å². The van der Waals surface area contributed by atoms with Crippen LogP contribution in [0, 0.1) is 5.92 Å². The van der Waals surface area contributed by atoms with Crippen molar-refractivity contribution >= 4 is 28.0 Å². The summed E-state index contributed by atoms with van der Waals surface area (Å²) in [5.41, 5.74) is 8.97. The number of aromatic amines is 1. The van der Waals surface area contributed by atoms with Crippen LogP contribution in [0.5, 0.6) is 0 Å². The summed E-state index contributed by atoms with van der Waals surface area (Å²) in [6, 6.07) is 6.26. The molecule has 1 unspecified atom stereocenters. The van der Waals surface area contributed by atoms with Gasteiger partial charge in [0.25, 0.3) is 0 Å². The van der Waals surface area contributed by atoms with E-state index in [1.807, 2.05) is 32.0 Å². The average Bonchev–Trinajstić information content (AvgIpc) is 3.67. The van der Waals surface area contributed by atoms with E-state index >= 15 is 0 Å². The van der Waals surface area contributed by atoms with Crippen LogP contribution in [-0.4, -0.2) is 100 Å². The minimum atomic E-state index is -0.858. The Kier molecular flexibility index (Phi) is 6.91. The summed E-state index contributed by atoms with van der Waals surface area (Å²) in [6.45, 7) is 4.33. The molecule has 0 radical (unpaired) electrons. The van der Waals surface area contributed by atoms with E-state index in [9.17, 15) is 15.3 Å². The number of imidazole rings is 2. The highest BCUT2D eigenvalue weighted by Gasteiger charge is 2.52. The van der Waals surface area contributed by atoms with Gasteiger partial charge in [0.1, 0.15) is 42.2 Å². The molecule has 3 aliphatic rings. The van der Waals surface area contributed by atoms with Gasteiger partial charge >= 0.3 is 0 Å². The highest BCUT2D eigenvalue weighted by atomic mass is 16.6. The summed E-state index contributed by atoms with van der Waals surface area (Å²) >= 11 is 0. The first kappa shape index (κ1) is 27.6. The zero-order valence-electron chi connectivity index (χ0n) is 23.8. The largest absolute Gasteiger partial charge is 0.395 e. The van der Waals surface area contributed by atoms with Crippen LogP contribution < -0.4 is 5.73 Å². The SMILES string of the molecule is CC1O[C@H]2[C@@H](O)[C@H](n3cnc4c(N)ncnc43)O[C@@H]2CN1C1CC(CCc2nc3ccc(C(C)(CO)CO)cc3[nH]2)C1. The molecule has 3 fully saturated rings. The van der Waals surface area contributed by atoms with E-state index in [1.165, 1.54) is 6.33 Å². The van der Waals surface area contributed by atoms with Gasteiger partial charge in [-0.1, -0.05) is 13.0 Å². The summed E-state index contributed by atoms with van der Waals surface area (Å²) in [5, 5.41) is 30.6. The van der Waals surface area contributed by atoms with Gasteiger partial charge in [0, 0.05) is 24.4 Å².